The highest BCUT2D eigenvalue weighted by molar-refractivity contribution is 5.83. The third kappa shape index (κ3) is 3.08. The molecule has 6 rings (SSSR count). The van der Waals surface area contributed by atoms with Gasteiger partial charge in [0.1, 0.15) is 5.75 Å². The molecule has 2 aliphatic rings. The second-order valence-corrected chi connectivity index (χ2v) is 9.98. The lowest BCUT2D eigenvalue weighted by atomic mass is 9.76. The zero-order valence-electron chi connectivity index (χ0n) is 20.0. The predicted molar refractivity (Wildman–Crippen MR) is 140 cm³/mol. The van der Waals surface area contributed by atoms with Crippen molar-refractivity contribution in [1.29, 1.82) is 0 Å². The molecule has 0 saturated carbocycles. The summed E-state index contributed by atoms with van der Waals surface area (Å²) in [4.78, 5) is 13.4. The van der Waals surface area contributed by atoms with Crippen molar-refractivity contribution < 1.29 is 9.66 Å². The first kappa shape index (κ1) is 21.4. The molecule has 0 fully saturated rings. The number of non-ortho nitro benzene ring substituents is 1. The van der Waals surface area contributed by atoms with Crippen molar-refractivity contribution in [3.63, 3.8) is 0 Å². The largest absolute Gasteiger partial charge is 0.462 e. The molecule has 4 aromatic rings. The van der Waals surface area contributed by atoms with E-state index in [4.69, 9.17) is 4.74 Å². The lowest BCUT2D eigenvalue weighted by molar-refractivity contribution is -0.384. The Kier molecular flexibility index (Phi) is 4.55. The van der Waals surface area contributed by atoms with Gasteiger partial charge in [-0.25, -0.2) is 0 Å². The van der Waals surface area contributed by atoms with Crippen molar-refractivity contribution in [3.8, 4) is 5.75 Å². The maximum atomic E-state index is 11.4. The van der Waals surface area contributed by atoms with E-state index in [1.54, 1.807) is 12.1 Å². The number of aryl methyl sites for hydroxylation is 1. The van der Waals surface area contributed by atoms with Gasteiger partial charge in [0, 0.05) is 29.9 Å². The Bertz CT molecular complexity index is 1540. The van der Waals surface area contributed by atoms with Crippen LogP contribution in [0.1, 0.15) is 36.1 Å². The fourth-order valence-corrected chi connectivity index (χ4v) is 5.69. The maximum Gasteiger partial charge on any atom is 0.270 e. The minimum absolute atomic E-state index is 0.0763. The van der Waals surface area contributed by atoms with E-state index >= 15 is 0 Å². The van der Waals surface area contributed by atoms with Gasteiger partial charge in [0.05, 0.1) is 10.3 Å². The molecule has 5 heteroatoms. The Labute approximate surface area is 204 Å². The van der Waals surface area contributed by atoms with Crippen molar-refractivity contribution >= 4 is 28.2 Å². The molecule has 0 amide bonds. The molecule has 1 spiro atoms. The van der Waals surface area contributed by atoms with Crippen LogP contribution in [0.15, 0.2) is 84.9 Å². The van der Waals surface area contributed by atoms with Gasteiger partial charge in [-0.3, -0.25) is 10.1 Å². The van der Waals surface area contributed by atoms with Gasteiger partial charge in [0.25, 0.3) is 5.69 Å². The Hall–Kier alpha value is -4.12. The summed E-state index contributed by atoms with van der Waals surface area (Å²) < 4.78 is 6.93. The average molecular weight is 463 g/mol. The third-order valence-electron chi connectivity index (χ3n) is 7.56. The van der Waals surface area contributed by atoms with Gasteiger partial charge in [0.15, 0.2) is 0 Å². The van der Waals surface area contributed by atoms with Crippen molar-refractivity contribution in [2.24, 2.45) is 0 Å². The number of anilines is 1. The summed E-state index contributed by atoms with van der Waals surface area (Å²) >= 11 is 0. The normalized spacial score (nSPS) is 19.5. The maximum absolute atomic E-state index is 11.4. The average Bonchev–Trinajstić information content (AvgIpc) is 3.03. The molecule has 2 aliphatic heterocycles. The SMILES string of the molecule is Cc1cc([N+](=O)[O-])cc2c1OC1(C=C2)N(Cc2ccc3ccccc3c2)c2ccccc2C1(C)C. The Morgan fingerprint density at radius 2 is 1.69 bits per heavy atom. The van der Waals surface area contributed by atoms with Gasteiger partial charge < -0.3 is 9.64 Å². The highest BCUT2D eigenvalue weighted by atomic mass is 16.6. The second-order valence-electron chi connectivity index (χ2n) is 9.98. The summed E-state index contributed by atoms with van der Waals surface area (Å²) in [6, 6.07) is 26.6. The number of rotatable bonds is 3. The number of benzene rings is 4. The summed E-state index contributed by atoms with van der Waals surface area (Å²) in [5.74, 6) is 0.697. The molecular formula is C30H26N2O3. The monoisotopic (exact) mass is 462 g/mol. The van der Waals surface area contributed by atoms with Crippen LogP contribution in [0.2, 0.25) is 0 Å². The van der Waals surface area contributed by atoms with E-state index in [0.29, 0.717) is 12.3 Å². The van der Waals surface area contributed by atoms with Crippen LogP contribution in [0.4, 0.5) is 11.4 Å². The number of ether oxygens (including phenoxy) is 1. The number of hydrogen-bond donors (Lipinski definition) is 0. The predicted octanol–water partition coefficient (Wildman–Crippen LogP) is 7.16. The molecule has 0 N–H and O–H groups in total. The van der Waals surface area contributed by atoms with Gasteiger partial charge in [0.2, 0.25) is 5.72 Å². The Morgan fingerprint density at radius 1 is 0.943 bits per heavy atom. The quantitative estimate of drug-likeness (QED) is 0.239. The van der Waals surface area contributed by atoms with E-state index in [0.717, 1.165) is 16.8 Å². The topological polar surface area (TPSA) is 55.6 Å². The molecule has 0 saturated heterocycles. The number of nitrogens with zero attached hydrogens (tertiary/aromatic N) is 2. The van der Waals surface area contributed by atoms with E-state index in [-0.39, 0.29) is 16.0 Å². The molecule has 5 nitrogen and oxygen atoms in total. The molecular weight excluding hydrogens is 436 g/mol. The van der Waals surface area contributed by atoms with E-state index in [2.05, 4.69) is 91.6 Å². The van der Waals surface area contributed by atoms with Gasteiger partial charge in [-0.1, -0.05) is 54.6 Å². The molecule has 2 heterocycles. The number of nitro benzene ring substituents is 1. The van der Waals surface area contributed by atoms with E-state index in [1.807, 2.05) is 13.0 Å². The Morgan fingerprint density at radius 3 is 2.49 bits per heavy atom. The van der Waals surface area contributed by atoms with Crippen LogP contribution in [-0.4, -0.2) is 10.6 Å². The van der Waals surface area contributed by atoms with E-state index in [9.17, 15) is 10.1 Å². The summed E-state index contributed by atoms with van der Waals surface area (Å²) in [6.07, 6.45) is 4.07. The zero-order chi connectivity index (χ0) is 24.4. The van der Waals surface area contributed by atoms with Crippen molar-refractivity contribution in [3.05, 3.63) is 117 Å². The number of nitro groups is 1. The number of hydrogen-bond acceptors (Lipinski definition) is 4. The summed E-state index contributed by atoms with van der Waals surface area (Å²) in [6.45, 7) is 6.96. The van der Waals surface area contributed by atoms with Crippen molar-refractivity contribution in [2.45, 2.75) is 38.5 Å². The fraction of sp³-hybridized carbons (Fsp3) is 0.200. The molecule has 35 heavy (non-hydrogen) atoms. The molecule has 174 valence electrons. The summed E-state index contributed by atoms with van der Waals surface area (Å²) in [5, 5.41) is 13.8. The standard InChI is InChI=1S/C30H26N2O3/c1-20-16-25(32(33)34)18-24-14-15-30(35-28(20)24)29(2,3)26-10-6-7-11-27(26)31(30)19-21-12-13-22-8-4-5-9-23(22)17-21/h4-18H,19H2,1-3H3. The first-order chi connectivity index (χ1) is 16.8. The van der Waals surface area contributed by atoms with Crippen LogP contribution >= 0.6 is 0 Å². The van der Waals surface area contributed by atoms with Gasteiger partial charge in [-0.05, 0) is 72.5 Å². The highest BCUT2D eigenvalue weighted by Crippen LogP contribution is 2.56. The second kappa shape index (κ2) is 7.44. The highest BCUT2D eigenvalue weighted by Gasteiger charge is 2.58. The van der Waals surface area contributed by atoms with Crippen LogP contribution in [0.25, 0.3) is 16.8 Å². The number of fused-ring (bicyclic) bond motifs is 3. The molecule has 1 unspecified atom stereocenters. The van der Waals surface area contributed by atoms with Gasteiger partial charge in [-0.2, -0.15) is 0 Å². The lowest BCUT2D eigenvalue weighted by Gasteiger charge is -2.47. The molecule has 0 bridgehead atoms. The summed E-state index contributed by atoms with van der Waals surface area (Å²) in [7, 11) is 0. The molecule has 0 aliphatic carbocycles. The molecule has 4 aromatic carbocycles. The van der Waals surface area contributed by atoms with E-state index in [1.165, 1.54) is 21.9 Å². The van der Waals surface area contributed by atoms with Crippen LogP contribution in [0.5, 0.6) is 5.75 Å². The van der Waals surface area contributed by atoms with Gasteiger partial charge in [-0.15, -0.1) is 0 Å². The molecule has 1 atom stereocenters. The van der Waals surface area contributed by atoms with Crippen LogP contribution < -0.4 is 9.64 Å². The van der Waals surface area contributed by atoms with Crippen LogP contribution in [0.3, 0.4) is 0 Å². The molecule has 0 radical (unpaired) electrons. The zero-order valence-corrected chi connectivity index (χ0v) is 20.0. The minimum atomic E-state index is -0.782. The van der Waals surface area contributed by atoms with Crippen LogP contribution in [-0.2, 0) is 12.0 Å². The van der Waals surface area contributed by atoms with Crippen molar-refractivity contribution in [2.75, 3.05) is 4.90 Å². The van der Waals surface area contributed by atoms with Gasteiger partial charge >= 0.3 is 0 Å². The summed E-state index contributed by atoms with van der Waals surface area (Å²) in [5.41, 5.74) is 3.96. The smallest absolute Gasteiger partial charge is 0.270 e. The lowest BCUT2D eigenvalue weighted by Crippen LogP contribution is -2.59. The van der Waals surface area contributed by atoms with Crippen molar-refractivity contribution in [1.82, 2.24) is 0 Å². The first-order valence-electron chi connectivity index (χ1n) is 11.8. The Balaban J connectivity index is 1.50. The van der Waals surface area contributed by atoms with E-state index < -0.39 is 5.72 Å². The molecule has 0 aromatic heterocycles. The number of para-hydroxylation sites is 1. The first-order valence-corrected chi connectivity index (χ1v) is 11.8. The van der Waals surface area contributed by atoms with Crippen LogP contribution in [0, 0.1) is 17.0 Å². The fourth-order valence-electron chi connectivity index (χ4n) is 5.69. The third-order valence-corrected chi connectivity index (χ3v) is 7.56. The minimum Gasteiger partial charge on any atom is -0.462 e.